The van der Waals surface area contributed by atoms with E-state index in [2.05, 4.69) is 27.7 Å². The van der Waals surface area contributed by atoms with E-state index < -0.39 is 0 Å². The summed E-state index contributed by atoms with van der Waals surface area (Å²) in [6.45, 7) is -0.00694. The number of allylic oxidation sites excluding steroid dienone is 4. The molecule has 2 heterocycles. The quantitative estimate of drug-likeness (QED) is 0.870. The summed E-state index contributed by atoms with van der Waals surface area (Å²) in [5, 5.41) is 20.2. The van der Waals surface area contributed by atoms with Crippen molar-refractivity contribution in [1.82, 2.24) is 20.3 Å². The Morgan fingerprint density at radius 1 is 1.40 bits per heavy atom. The highest BCUT2D eigenvalue weighted by Crippen LogP contribution is 2.32. The summed E-state index contributed by atoms with van der Waals surface area (Å²) in [6, 6.07) is 2.05. The first-order chi connectivity index (χ1) is 12.2. The van der Waals surface area contributed by atoms with Gasteiger partial charge in [0.15, 0.2) is 11.5 Å². The zero-order valence-corrected chi connectivity index (χ0v) is 13.8. The standard InChI is InChI=1S/C18H20N4O3/c23-11-12-9-19-22(10-12)15-6-14(7-15)20-18(24)16-8-17(25-21-16)13-4-2-1-3-5-13/h2,4-5,8-10,14-15,23H,1,3,6-7,11H2,(H,20,24). The molecule has 4 rings (SSSR count). The van der Waals surface area contributed by atoms with Crippen LogP contribution in [0.4, 0.5) is 0 Å². The summed E-state index contributed by atoms with van der Waals surface area (Å²) >= 11 is 0. The molecule has 2 aliphatic rings. The second-order valence-electron chi connectivity index (χ2n) is 6.50. The van der Waals surface area contributed by atoms with Gasteiger partial charge in [0.05, 0.1) is 18.8 Å². The second kappa shape index (κ2) is 6.68. The van der Waals surface area contributed by atoms with Gasteiger partial charge in [0.1, 0.15) is 0 Å². The van der Waals surface area contributed by atoms with Gasteiger partial charge in [-0.3, -0.25) is 9.48 Å². The first-order valence-electron chi connectivity index (χ1n) is 8.51. The van der Waals surface area contributed by atoms with Crippen LogP contribution in [0.15, 0.2) is 41.2 Å². The second-order valence-corrected chi connectivity index (χ2v) is 6.50. The number of hydrogen-bond acceptors (Lipinski definition) is 5. The summed E-state index contributed by atoms with van der Waals surface area (Å²) in [4.78, 5) is 12.3. The lowest BCUT2D eigenvalue weighted by molar-refractivity contribution is 0.0879. The molecule has 1 amide bonds. The minimum atomic E-state index is -0.213. The average Bonchev–Trinajstić information content (AvgIpc) is 3.27. The number of nitrogens with one attached hydrogen (secondary N) is 1. The lowest BCUT2D eigenvalue weighted by Gasteiger charge is -2.35. The van der Waals surface area contributed by atoms with Crippen molar-refractivity contribution in [3.05, 3.63) is 53.7 Å². The van der Waals surface area contributed by atoms with Gasteiger partial charge in [0, 0.05) is 29.4 Å². The molecule has 130 valence electrons. The Morgan fingerprint density at radius 2 is 2.28 bits per heavy atom. The third-order valence-corrected chi connectivity index (χ3v) is 4.68. The number of aliphatic hydroxyl groups is 1. The monoisotopic (exact) mass is 340 g/mol. The normalized spacial score (nSPS) is 22.4. The molecule has 0 aliphatic heterocycles. The third-order valence-electron chi connectivity index (χ3n) is 4.68. The molecule has 0 saturated heterocycles. The van der Waals surface area contributed by atoms with E-state index in [1.54, 1.807) is 12.3 Å². The zero-order valence-electron chi connectivity index (χ0n) is 13.8. The highest BCUT2D eigenvalue weighted by atomic mass is 16.5. The molecule has 2 N–H and O–H groups in total. The van der Waals surface area contributed by atoms with Crippen molar-refractivity contribution >= 4 is 11.5 Å². The number of carbonyl (C=O) groups is 1. The van der Waals surface area contributed by atoms with Crippen LogP contribution in [0.3, 0.4) is 0 Å². The van der Waals surface area contributed by atoms with E-state index >= 15 is 0 Å². The van der Waals surface area contributed by atoms with E-state index in [-0.39, 0.29) is 24.6 Å². The van der Waals surface area contributed by atoms with Gasteiger partial charge in [-0.2, -0.15) is 5.10 Å². The SMILES string of the molecule is O=C(NC1CC(n2cc(CO)cn2)C1)c1cc(C2=CCCC=C2)on1. The Bertz CT molecular complexity index is 827. The highest BCUT2D eigenvalue weighted by Gasteiger charge is 2.33. The van der Waals surface area contributed by atoms with Crippen molar-refractivity contribution in [2.75, 3.05) is 0 Å². The summed E-state index contributed by atoms with van der Waals surface area (Å²) in [5.74, 6) is 0.413. The van der Waals surface area contributed by atoms with Crippen LogP contribution < -0.4 is 5.32 Å². The molecule has 0 aromatic carbocycles. The van der Waals surface area contributed by atoms with Gasteiger partial charge >= 0.3 is 0 Å². The van der Waals surface area contributed by atoms with Crippen molar-refractivity contribution in [2.45, 2.75) is 44.4 Å². The minimum Gasteiger partial charge on any atom is -0.392 e. The number of aromatic nitrogens is 3. The molecule has 7 heteroatoms. The highest BCUT2D eigenvalue weighted by molar-refractivity contribution is 5.93. The van der Waals surface area contributed by atoms with Gasteiger partial charge in [-0.05, 0) is 25.7 Å². The van der Waals surface area contributed by atoms with Gasteiger partial charge in [-0.1, -0.05) is 23.4 Å². The maximum absolute atomic E-state index is 12.3. The maximum Gasteiger partial charge on any atom is 0.273 e. The molecule has 7 nitrogen and oxygen atoms in total. The fourth-order valence-corrected chi connectivity index (χ4v) is 3.15. The lowest BCUT2D eigenvalue weighted by Crippen LogP contribution is -2.45. The Hall–Kier alpha value is -2.67. The molecule has 0 radical (unpaired) electrons. The van der Waals surface area contributed by atoms with E-state index in [4.69, 9.17) is 9.63 Å². The Morgan fingerprint density at radius 3 is 3.00 bits per heavy atom. The first kappa shape index (κ1) is 15.8. The van der Waals surface area contributed by atoms with E-state index in [0.29, 0.717) is 11.5 Å². The Labute approximate surface area is 145 Å². The topological polar surface area (TPSA) is 93.2 Å². The summed E-state index contributed by atoms with van der Waals surface area (Å²) in [7, 11) is 0. The number of nitrogens with zero attached hydrogens (tertiary/aromatic N) is 3. The van der Waals surface area contributed by atoms with Crippen LogP contribution in [-0.2, 0) is 6.61 Å². The fraction of sp³-hybridized carbons (Fsp3) is 0.389. The molecular formula is C18H20N4O3. The lowest BCUT2D eigenvalue weighted by atomic mass is 9.87. The van der Waals surface area contributed by atoms with Gasteiger partial charge in [0.25, 0.3) is 5.91 Å². The van der Waals surface area contributed by atoms with E-state index in [9.17, 15) is 4.79 Å². The number of rotatable bonds is 5. The van der Waals surface area contributed by atoms with Gasteiger partial charge in [0.2, 0.25) is 0 Å². The van der Waals surface area contributed by atoms with Crippen molar-refractivity contribution < 1.29 is 14.4 Å². The predicted octanol–water partition coefficient (Wildman–Crippen LogP) is 2.23. The Balaban J connectivity index is 1.32. The molecule has 25 heavy (non-hydrogen) atoms. The summed E-state index contributed by atoms with van der Waals surface area (Å²) in [5.41, 5.74) is 2.08. The number of carbonyl (C=O) groups excluding carboxylic acids is 1. The molecule has 1 fully saturated rings. The fourth-order valence-electron chi connectivity index (χ4n) is 3.15. The molecule has 0 bridgehead atoms. The Kier molecular flexibility index (Phi) is 4.23. The molecule has 2 aromatic rings. The predicted molar refractivity (Wildman–Crippen MR) is 90.5 cm³/mol. The van der Waals surface area contributed by atoms with Crippen molar-refractivity contribution in [2.24, 2.45) is 0 Å². The van der Waals surface area contributed by atoms with Crippen LogP contribution in [0, 0.1) is 0 Å². The smallest absolute Gasteiger partial charge is 0.273 e. The van der Waals surface area contributed by atoms with Gasteiger partial charge in [-0.25, -0.2) is 0 Å². The number of hydrogen-bond donors (Lipinski definition) is 2. The molecule has 1 saturated carbocycles. The molecule has 0 unspecified atom stereocenters. The van der Waals surface area contributed by atoms with Crippen LogP contribution in [0.2, 0.25) is 0 Å². The van der Waals surface area contributed by atoms with Crippen LogP contribution in [-0.4, -0.2) is 32.0 Å². The molecule has 0 spiro atoms. The van der Waals surface area contributed by atoms with E-state index in [0.717, 1.165) is 36.8 Å². The van der Waals surface area contributed by atoms with Crippen LogP contribution in [0.1, 0.15) is 53.5 Å². The zero-order chi connectivity index (χ0) is 17.2. The third kappa shape index (κ3) is 3.28. The first-order valence-corrected chi connectivity index (χ1v) is 8.51. The number of amides is 1. The largest absolute Gasteiger partial charge is 0.392 e. The van der Waals surface area contributed by atoms with Crippen molar-refractivity contribution in [3.63, 3.8) is 0 Å². The molecular weight excluding hydrogens is 320 g/mol. The number of aliphatic hydroxyl groups excluding tert-OH is 1. The maximum atomic E-state index is 12.3. The van der Waals surface area contributed by atoms with E-state index in [1.807, 2.05) is 17.0 Å². The minimum absolute atomic E-state index is 0.00694. The molecule has 2 aliphatic carbocycles. The van der Waals surface area contributed by atoms with Crippen LogP contribution >= 0.6 is 0 Å². The van der Waals surface area contributed by atoms with Crippen LogP contribution in [0.25, 0.3) is 5.57 Å². The average molecular weight is 340 g/mol. The summed E-state index contributed by atoms with van der Waals surface area (Å²) < 4.78 is 7.15. The van der Waals surface area contributed by atoms with Crippen molar-refractivity contribution in [1.29, 1.82) is 0 Å². The van der Waals surface area contributed by atoms with Gasteiger partial charge in [-0.15, -0.1) is 0 Å². The summed E-state index contributed by atoms with van der Waals surface area (Å²) in [6.07, 6.45) is 13.3. The van der Waals surface area contributed by atoms with Crippen molar-refractivity contribution in [3.8, 4) is 0 Å². The van der Waals surface area contributed by atoms with E-state index in [1.165, 1.54) is 0 Å². The molecule has 0 atom stereocenters. The van der Waals surface area contributed by atoms with Gasteiger partial charge < -0.3 is 14.9 Å². The molecule has 2 aromatic heterocycles. The van der Waals surface area contributed by atoms with Crippen LogP contribution in [0.5, 0.6) is 0 Å².